The molecule has 0 bridgehead atoms. The number of amides is 1. The minimum atomic E-state index is -0.518. The predicted molar refractivity (Wildman–Crippen MR) is 119 cm³/mol. The van der Waals surface area contributed by atoms with E-state index in [1.807, 2.05) is 66.7 Å². The van der Waals surface area contributed by atoms with Crippen LogP contribution in [-0.4, -0.2) is 29.1 Å². The SMILES string of the molecule is N#C/C(=C/N(CCO)Cc1ccccc1)C(=O)Nc1ccc(Oc2ccccc2)cc1. The molecule has 0 unspecified atom stereocenters. The number of benzene rings is 3. The summed E-state index contributed by atoms with van der Waals surface area (Å²) in [7, 11) is 0. The summed E-state index contributed by atoms with van der Waals surface area (Å²) in [6.45, 7) is 0.691. The number of ether oxygens (including phenoxy) is 1. The lowest BCUT2D eigenvalue weighted by Gasteiger charge is -2.20. The lowest BCUT2D eigenvalue weighted by molar-refractivity contribution is -0.112. The molecule has 3 aromatic carbocycles. The summed E-state index contributed by atoms with van der Waals surface area (Å²) in [5, 5.41) is 21.5. The van der Waals surface area contributed by atoms with Gasteiger partial charge in [0.15, 0.2) is 0 Å². The van der Waals surface area contributed by atoms with Gasteiger partial charge in [-0.3, -0.25) is 4.79 Å². The number of para-hydroxylation sites is 1. The van der Waals surface area contributed by atoms with Crippen molar-refractivity contribution in [2.45, 2.75) is 6.54 Å². The van der Waals surface area contributed by atoms with Crippen LogP contribution in [0.2, 0.25) is 0 Å². The van der Waals surface area contributed by atoms with E-state index < -0.39 is 5.91 Å². The highest BCUT2D eigenvalue weighted by atomic mass is 16.5. The fourth-order valence-electron chi connectivity index (χ4n) is 2.89. The number of nitriles is 1. The highest BCUT2D eigenvalue weighted by molar-refractivity contribution is 6.06. The van der Waals surface area contributed by atoms with Crippen LogP contribution in [0.4, 0.5) is 5.69 Å². The molecular weight excluding hydrogens is 390 g/mol. The Morgan fingerprint density at radius 2 is 1.58 bits per heavy atom. The lowest BCUT2D eigenvalue weighted by Crippen LogP contribution is -2.23. The monoisotopic (exact) mass is 413 g/mol. The van der Waals surface area contributed by atoms with Crippen molar-refractivity contribution in [2.75, 3.05) is 18.5 Å². The maximum Gasteiger partial charge on any atom is 0.267 e. The number of hydrogen-bond donors (Lipinski definition) is 2. The summed E-state index contributed by atoms with van der Waals surface area (Å²) in [4.78, 5) is 14.3. The molecule has 0 aliphatic rings. The van der Waals surface area contributed by atoms with Crippen molar-refractivity contribution in [2.24, 2.45) is 0 Å². The number of aliphatic hydroxyl groups is 1. The van der Waals surface area contributed by atoms with E-state index in [4.69, 9.17) is 4.74 Å². The molecule has 0 aliphatic heterocycles. The van der Waals surface area contributed by atoms with Crippen LogP contribution in [0.5, 0.6) is 11.5 Å². The first-order valence-electron chi connectivity index (χ1n) is 9.83. The topological polar surface area (TPSA) is 85.6 Å². The van der Waals surface area contributed by atoms with E-state index in [0.717, 1.165) is 11.3 Å². The zero-order chi connectivity index (χ0) is 21.9. The molecule has 0 aromatic heterocycles. The molecular formula is C25H23N3O3. The number of carbonyl (C=O) groups is 1. The zero-order valence-corrected chi connectivity index (χ0v) is 16.9. The largest absolute Gasteiger partial charge is 0.457 e. The Morgan fingerprint density at radius 3 is 2.19 bits per heavy atom. The van der Waals surface area contributed by atoms with Crippen molar-refractivity contribution in [3.8, 4) is 17.6 Å². The summed E-state index contributed by atoms with van der Waals surface area (Å²) in [5.41, 5.74) is 1.51. The van der Waals surface area contributed by atoms with Crippen LogP contribution in [-0.2, 0) is 11.3 Å². The molecule has 0 saturated heterocycles. The number of hydrogen-bond acceptors (Lipinski definition) is 5. The molecule has 6 heteroatoms. The highest BCUT2D eigenvalue weighted by Gasteiger charge is 2.12. The van der Waals surface area contributed by atoms with Crippen LogP contribution in [0.25, 0.3) is 0 Å². The van der Waals surface area contributed by atoms with Gasteiger partial charge < -0.3 is 20.1 Å². The number of carbonyl (C=O) groups excluding carboxylic acids is 1. The zero-order valence-electron chi connectivity index (χ0n) is 16.9. The smallest absolute Gasteiger partial charge is 0.267 e. The van der Waals surface area contributed by atoms with Gasteiger partial charge in [0.05, 0.1) is 6.61 Å². The van der Waals surface area contributed by atoms with Gasteiger partial charge in [-0.15, -0.1) is 0 Å². The van der Waals surface area contributed by atoms with Crippen LogP contribution in [0, 0.1) is 11.3 Å². The first-order valence-corrected chi connectivity index (χ1v) is 9.83. The Bertz CT molecular complexity index is 1040. The number of anilines is 1. The predicted octanol–water partition coefficient (Wildman–Crippen LogP) is 4.32. The normalized spacial score (nSPS) is 10.8. The quantitative estimate of drug-likeness (QED) is 0.403. The summed E-state index contributed by atoms with van der Waals surface area (Å²) in [6.07, 6.45) is 1.48. The average molecular weight is 413 g/mol. The summed E-state index contributed by atoms with van der Waals surface area (Å²) in [5.74, 6) is 0.837. The number of nitrogens with one attached hydrogen (secondary N) is 1. The minimum Gasteiger partial charge on any atom is -0.457 e. The summed E-state index contributed by atoms with van der Waals surface area (Å²) in [6, 6.07) is 27.9. The molecule has 6 nitrogen and oxygen atoms in total. The molecule has 3 aromatic rings. The second-order valence-electron chi connectivity index (χ2n) is 6.73. The van der Waals surface area contributed by atoms with Crippen molar-refractivity contribution in [3.05, 3.63) is 102 Å². The van der Waals surface area contributed by atoms with Crippen LogP contribution >= 0.6 is 0 Å². The van der Waals surface area contributed by atoms with Gasteiger partial charge in [0.25, 0.3) is 5.91 Å². The molecule has 2 N–H and O–H groups in total. The van der Waals surface area contributed by atoms with Gasteiger partial charge in [0.2, 0.25) is 0 Å². The Hall–Kier alpha value is -4.08. The van der Waals surface area contributed by atoms with Crippen molar-refractivity contribution in [3.63, 3.8) is 0 Å². The molecule has 31 heavy (non-hydrogen) atoms. The second-order valence-corrected chi connectivity index (χ2v) is 6.73. The molecule has 0 spiro atoms. The van der Waals surface area contributed by atoms with Crippen LogP contribution in [0.1, 0.15) is 5.56 Å². The third kappa shape index (κ3) is 6.74. The van der Waals surface area contributed by atoms with E-state index in [0.29, 0.717) is 24.5 Å². The van der Waals surface area contributed by atoms with Crippen molar-refractivity contribution in [1.82, 2.24) is 4.90 Å². The molecule has 0 atom stereocenters. The van der Waals surface area contributed by atoms with Gasteiger partial charge in [-0.1, -0.05) is 48.5 Å². The van der Waals surface area contributed by atoms with E-state index in [1.54, 1.807) is 29.2 Å². The van der Waals surface area contributed by atoms with E-state index in [1.165, 1.54) is 6.20 Å². The van der Waals surface area contributed by atoms with Gasteiger partial charge in [-0.25, -0.2) is 0 Å². The molecule has 3 rings (SSSR count). The van der Waals surface area contributed by atoms with E-state index in [2.05, 4.69) is 5.32 Å². The van der Waals surface area contributed by atoms with E-state index >= 15 is 0 Å². The fraction of sp³-hybridized carbons (Fsp3) is 0.120. The van der Waals surface area contributed by atoms with Gasteiger partial charge in [-0.2, -0.15) is 5.26 Å². The van der Waals surface area contributed by atoms with Crippen LogP contribution in [0.3, 0.4) is 0 Å². The Morgan fingerprint density at radius 1 is 0.968 bits per heavy atom. The molecule has 156 valence electrons. The average Bonchev–Trinajstić information content (AvgIpc) is 2.80. The molecule has 0 saturated carbocycles. The molecule has 1 amide bonds. The van der Waals surface area contributed by atoms with Crippen molar-refractivity contribution < 1.29 is 14.6 Å². The van der Waals surface area contributed by atoms with E-state index in [-0.39, 0.29) is 12.2 Å². The second kappa shape index (κ2) is 11.2. The van der Waals surface area contributed by atoms with Gasteiger partial charge in [0, 0.05) is 25.0 Å². The third-order valence-electron chi connectivity index (χ3n) is 4.38. The molecule has 0 aliphatic carbocycles. The molecule has 0 fully saturated rings. The minimum absolute atomic E-state index is 0.0472. The Balaban J connectivity index is 1.65. The summed E-state index contributed by atoms with van der Waals surface area (Å²) < 4.78 is 5.74. The highest BCUT2D eigenvalue weighted by Crippen LogP contribution is 2.22. The van der Waals surface area contributed by atoms with Crippen molar-refractivity contribution >= 4 is 11.6 Å². The van der Waals surface area contributed by atoms with E-state index in [9.17, 15) is 15.2 Å². The number of rotatable bonds is 9. The first kappa shape index (κ1) is 21.6. The Kier molecular flexibility index (Phi) is 7.81. The summed E-state index contributed by atoms with van der Waals surface area (Å²) >= 11 is 0. The Labute approximate surface area is 181 Å². The first-order chi connectivity index (χ1) is 15.2. The maximum absolute atomic E-state index is 12.6. The number of nitrogens with zero attached hydrogens (tertiary/aromatic N) is 2. The standard InChI is InChI=1S/C25H23N3O3/c26-17-21(19-28(15-16-29)18-20-7-3-1-4-8-20)25(30)27-22-11-13-24(14-12-22)31-23-9-5-2-6-10-23/h1-14,19,29H,15-16,18H2,(H,27,30)/b21-19-. The van der Waals surface area contributed by atoms with Crippen LogP contribution in [0.15, 0.2) is 96.7 Å². The van der Waals surface area contributed by atoms with Crippen LogP contribution < -0.4 is 10.1 Å². The maximum atomic E-state index is 12.6. The van der Waals surface area contributed by atoms with Gasteiger partial charge in [0.1, 0.15) is 23.1 Å². The molecule has 0 radical (unpaired) electrons. The van der Waals surface area contributed by atoms with Gasteiger partial charge >= 0.3 is 0 Å². The fourth-order valence-corrected chi connectivity index (χ4v) is 2.89. The third-order valence-corrected chi connectivity index (χ3v) is 4.38. The molecule has 0 heterocycles. The van der Waals surface area contributed by atoms with Gasteiger partial charge in [-0.05, 0) is 42.0 Å². The number of aliphatic hydroxyl groups excluding tert-OH is 1. The lowest BCUT2D eigenvalue weighted by atomic mass is 10.2. The van der Waals surface area contributed by atoms with Crippen molar-refractivity contribution in [1.29, 1.82) is 5.26 Å².